The van der Waals surface area contributed by atoms with Crippen molar-refractivity contribution >= 4 is 0 Å². The van der Waals surface area contributed by atoms with Gasteiger partial charge in [-0.15, -0.1) is 0 Å². The van der Waals surface area contributed by atoms with Crippen molar-refractivity contribution in [3.05, 3.63) is 0 Å². The minimum absolute atomic E-state index is 0.169. The van der Waals surface area contributed by atoms with E-state index in [1.54, 1.807) is 0 Å². The minimum atomic E-state index is -4.06. The van der Waals surface area contributed by atoms with Crippen LogP contribution in [-0.2, 0) is 0 Å². The Morgan fingerprint density at radius 2 is 1.76 bits per heavy atom. The summed E-state index contributed by atoms with van der Waals surface area (Å²) in [5.74, 6) is 0. The molecule has 0 aromatic rings. The molecule has 2 heterocycles. The number of hydrogen-bond acceptors (Lipinski definition) is 3. The number of hydrogen-bond donors (Lipinski definition) is 1. The molecule has 2 saturated heterocycles. The van der Waals surface area contributed by atoms with Gasteiger partial charge >= 0.3 is 6.18 Å². The second-order valence-corrected chi connectivity index (χ2v) is 6.80. The van der Waals surface area contributed by atoms with E-state index in [2.05, 4.69) is 9.80 Å². The average molecular weight is 307 g/mol. The van der Waals surface area contributed by atoms with Crippen molar-refractivity contribution in [3.63, 3.8) is 0 Å². The SMILES string of the molecule is CC(CN)(CCCC(F)(F)F)N1CCC(N2CCCC2)C1. The van der Waals surface area contributed by atoms with E-state index < -0.39 is 12.6 Å². The first-order valence-electron chi connectivity index (χ1n) is 8.10. The largest absolute Gasteiger partial charge is 0.389 e. The first-order valence-corrected chi connectivity index (χ1v) is 8.10. The third-order valence-corrected chi connectivity index (χ3v) is 5.20. The fourth-order valence-electron chi connectivity index (χ4n) is 3.70. The van der Waals surface area contributed by atoms with Crippen LogP contribution in [-0.4, -0.2) is 60.3 Å². The summed E-state index contributed by atoms with van der Waals surface area (Å²) in [6.07, 6.45) is -0.399. The molecule has 2 atom stereocenters. The van der Waals surface area contributed by atoms with E-state index in [4.69, 9.17) is 5.73 Å². The zero-order valence-corrected chi connectivity index (χ0v) is 13.0. The first-order chi connectivity index (χ1) is 9.84. The molecule has 124 valence electrons. The fourth-order valence-corrected chi connectivity index (χ4v) is 3.70. The lowest BCUT2D eigenvalue weighted by atomic mass is 9.93. The minimum Gasteiger partial charge on any atom is -0.329 e. The van der Waals surface area contributed by atoms with Crippen LogP contribution < -0.4 is 5.73 Å². The van der Waals surface area contributed by atoms with Gasteiger partial charge in [0.2, 0.25) is 0 Å². The Morgan fingerprint density at radius 3 is 2.33 bits per heavy atom. The van der Waals surface area contributed by atoms with Gasteiger partial charge in [0.15, 0.2) is 0 Å². The van der Waals surface area contributed by atoms with Crippen molar-refractivity contribution < 1.29 is 13.2 Å². The number of nitrogens with zero attached hydrogens (tertiary/aromatic N) is 2. The molecule has 21 heavy (non-hydrogen) atoms. The Labute approximate surface area is 125 Å². The van der Waals surface area contributed by atoms with Crippen molar-refractivity contribution in [2.75, 3.05) is 32.7 Å². The van der Waals surface area contributed by atoms with Gasteiger partial charge in [-0.05, 0) is 52.1 Å². The van der Waals surface area contributed by atoms with Crippen molar-refractivity contribution in [1.82, 2.24) is 9.80 Å². The molecule has 2 unspecified atom stereocenters. The van der Waals surface area contributed by atoms with Gasteiger partial charge < -0.3 is 5.73 Å². The third-order valence-electron chi connectivity index (χ3n) is 5.20. The second kappa shape index (κ2) is 6.84. The lowest BCUT2D eigenvalue weighted by molar-refractivity contribution is -0.136. The van der Waals surface area contributed by atoms with Crippen LogP contribution in [0.2, 0.25) is 0 Å². The topological polar surface area (TPSA) is 32.5 Å². The average Bonchev–Trinajstić information content (AvgIpc) is 3.07. The summed E-state index contributed by atoms with van der Waals surface area (Å²) in [4.78, 5) is 4.86. The Balaban J connectivity index is 1.85. The van der Waals surface area contributed by atoms with E-state index in [1.807, 2.05) is 6.92 Å². The van der Waals surface area contributed by atoms with E-state index in [0.717, 1.165) is 19.5 Å². The molecule has 0 radical (unpaired) electrons. The van der Waals surface area contributed by atoms with Crippen LogP contribution in [0.25, 0.3) is 0 Å². The van der Waals surface area contributed by atoms with Crippen molar-refractivity contribution in [3.8, 4) is 0 Å². The van der Waals surface area contributed by atoms with Gasteiger partial charge in [0.25, 0.3) is 0 Å². The zero-order chi connectivity index (χ0) is 15.5. The van der Waals surface area contributed by atoms with E-state index in [-0.39, 0.29) is 12.0 Å². The van der Waals surface area contributed by atoms with Crippen LogP contribution in [0.15, 0.2) is 0 Å². The van der Waals surface area contributed by atoms with Gasteiger partial charge in [0, 0.05) is 37.6 Å². The maximum atomic E-state index is 12.3. The molecule has 0 aromatic carbocycles. The lowest BCUT2D eigenvalue weighted by Gasteiger charge is -2.39. The summed E-state index contributed by atoms with van der Waals surface area (Å²) in [6.45, 7) is 6.71. The van der Waals surface area contributed by atoms with E-state index >= 15 is 0 Å². The molecule has 6 heteroatoms. The molecule has 2 aliphatic heterocycles. The van der Waals surface area contributed by atoms with E-state index in [1.165, 1.54) is 25.9 Å². The first kappa shape index (κ1) is 17.0. The van der Waals surface area contributed by atoms with Crippen LogP contribution >= 0.6 is 0 Å². The molecular formula is C15H28F3N3. The molecule has 2 N–H and O–H groups in total. The maximum Gasteiger partial charge on any atom is 0.389 e. The smallest absolute Gasteiger partial charge is 0.329 e. The zero-order valence-electron chi connectivity index (χ0n) is 13.0. The number of halogens is 3. The molecule has 0 aliphatic carbocycles. The van der Waals surface area contributed by atoms with Gasteiger partial charge in [-0.1, -0.05) is 0 Å². The highest BCUT2D eigenvalue weighted by molar-refractivity contribution is 4.95. The Morgan fingerprint density at radius 1 is 1.10 bits per heavy atom. The molecule has 0 bridgehead atoms. The Kier molecular flexibility index (Phi) is 5.54. The molecule has 3 nitrogen and oxygen atoms in total. The summed E-state index contributed by atoms with van der Waals surface area (Å²) in [5, 5.41) is 0. The van der Waals surface area contributed by atoms with Crippen molar-refractivity contribution in [1.29, 1.82) is 0 Å². The molecule has 2 fully saturated rings. The van der Waals surface area contributed by atoms with Gasteiger partial charge in [-0.2, -0.15) is 13.2 Å². The third kappa shape index (κ3) is 4.57. The standard InChI is InChI=1S/C15H28F3N3/c1-14(12-19,6-4-7-15(16,17)18)21-10-5-13(11-21)20-8-2-3-9-20/h13H,2-12,19H2,1H3. The van der Waals surface area contributed by atoms with Crippen molar-refractivity contribution in [2.45, 2.75) is 63.2 Å². The molecule has 0 amide bonds. The van der Waals surface area contributed by atoms with Crippen molar-refractivity contribution in [2.24, 2.45) is 5.73 Å². The lowest BCUT2D eigenvalue weighted by Crippen LogP contribution is -2.51. The van der Waals surface area contributed by atoms with E-state index in [0.29, 0.717) is 19.0 Å². The van der Waals surface area contributed by atoms with Crippen LogP contribution in [0, 0.1) is 0 Å². The molecule has 0 aromatic heterocycles. The molecular weight excluding hydrogens is 279 g/mol. The summed E-state index contributed by atoms with van der Waals surface area (Å²) >= 11 is 0. The van der Waals surface area contributed by atoms with Gasteiger partial charge in [0.1, 0.15) is 0 Å². The molecule has 0 saturated carbocycles. The quantitative estimate of drug-likeness (QED) is 0.819. The summed E-state index contributed by atoms with van der Waals surface area (Å²) in [5.41, 5.74) is 5.61. The fraction of sp³-hybridized carbons (Fsp3) is 1.00. The predicted molar refractivity (Wildman–Crippen MR) is 78.2 cm³/mol. The Hall–Kier alpha value is -0.330. The van der Waals surface area contributed by atoms with Crippen LogP contribution in [0.5, 0.6) is 0 Å². The predicted octanol–water partition coefficient (Wildman–Crippen LogP) is 2.61. The molecule has 2 rings (SSSR count). The van der Waals surface area contributed by atoms with Crippen LogP contribution in [0.1, 0.15) is 45.4 Å². The Bertz CT molecular complexity index is 329. The number of alkyl halides is 3. The van der Waals surface area contributed by atoms with Crippen LogP contribution in [0.3, 0.4) is 0 Å². The van der Waals surface area contributed by atoms with Gasteiger partial charge in [-0.3, -0.25) is 9.80 Å². The summed E-state index contributed by atoms with van der Waals surface area (Å²) in [7, 11) is 0. The normalized spacial score (nSPS) is 28.1. The van der Waals surface area contributed by atoms with Gasteiger partial charge in [-0.25, -0.2) is 0 Å². The van der Waals surface area contributed by atoms with E-state index in [9.17, 15) is 13.2 Å². The monoisotopic (exact) mass is 307 g/mol. The molecule has 2 aliphatic rings. The summed E-state index contributed by atoms with van der Waals surface area (Å²) < 4.78 is 37.0. The highest BCUT2D eigenvalue weighted by Crippen LogP contribution is 2.31. The number of nitrogens with two attached hydrogens (primary N) is 1. The number of likely N-dealkylation sites (tertiary alicyclic amines) is 2. The highest BCUT2D eigenvalue weighted by Gasteiger charge is 2.38. The van der Waals surface area contributed by atoms with Gasteiger partial charge in [0.05, 0.1) is 0 Å². The maximum absolute atomic E-state index is 12.3. The van der Waals surface area contributed by atoms with Crippen LogP contribution in [0.4, 0.5) is 13.2 Å². The highest BCUT2D eigenvalue weighted by atomic mass is 19.4. The molecule has 0 spiro atoms. The number of rotatable bonds is 6. The summed E-state index contributed by atoms with van der Waals surface area (Å²) in [6, 6.07) is 0.570. The second-order valence-electron chi connectivity index (χ2n) is 6.80.